The molecule has 0 aromatic carbocycles. The summed E-state index contributed by atoms with van der Waals surface area (Å²) in [6.07, 6.45) is 6.15. The van der Waals surface area contributed by atoms with Gasteiger partial charge < -0.3 is 11.1 Å². The number of pyridine rings is 1. The van der Waals surface area contributed by atoms with Crippen molar-refractivity contribution >= 4 is 5.91 Å². The van der Waals surface area contributed by atoms with Gasteiger partial charge in [0.2, 0.25) is 0 Å². The minimum absolute atomic E-state index is 0.0970. The fourth-order valence-electron chi connectivity index (χ4n) is 2.08. The summed E-state index contributed by atoms with van der Waals surface area (Å²) in [5, 5.41) is 3.00. The van der Waals surface area contributed by atoms with Crippen LogP contribution in [-0.4, -0.2) is 23.5 Å². The largest absolute Gasteiger partial charge is 0.348 e. The highest BCUT2D eigenvalue weighted by molar-refractivity contribution is 5.92. The fourth-order valence-corrected chi connectivity index (χ4v) is 2.08. The summed E-state index contributed by atoms with van der Waals surface area (Å²) in [4.78, 5) is 16.0. The lowest BCUT2D eigenvalue weighted by Gasteiger charge is -2.10. The van der Waals surface area contributed by atoms with Gasteiger partial charge in [-0.05, 0) is 25.0 Å². The number of hydrogen-bond acceptors (Lipinski definition) is 3. The van der Waals surface area contributed by atoms with Gasteiger partial charge in [-0.2, -0.15) is 0 Å². The number of rotatable bonds is 2. The standard InChI is InChI=1S/C14H17N3O/c15-9-3-4-11-7-8-13(16-10-11)14(18)17-12-5-1-2-6-12/h7-8,10,12H,1-2,5-6,9,15H2,(H,17,18). The highest BCUT2D eigenvalue weighted by atomic mass is 16.1. The van der Waals surface area contributed by atoms with Gasteiger partial charge in [0.25, 0.3) is 5.91 Å². The first kappa shape index (κ1) is 12.6. The first-order valence-electron chi connectivity index (χ1n) is 6.25. The van der Waals surface area contributed by atoms with E-state index in [9.17, 15) is 4.79 Å². The first-order valence-corrected chi connectivity index (χ1v) is 6.25. The van der Waals surface area contributed by atoms with Gasteiger partial charge in [0.15, 0.2) is 0 Å². The molecule has 4 nitrogen and oxygen atoms in total. The lowest BCUT2D eigenvalue weighted by atomic mass is 10.2. The molecule has 1 saturated carbocycles. The molecule has 1 aliphatic rings. The van der Waals surface area contributed by atoms with Crippen LogP contribution < -0.4 is 11.1 Å². The van der Waals surface area contributed by atoms with Crippen LogP contribution in [0.5, 0.6) is 0 Å². The van der Waals surface area contributed by atoms with Gasteiger partial charge in [-0.15, -0.1) is 0 Å². The van der Waals surface area contributed by atoms with E-state index in [2.05, 4.69) is 22.1 Å². The minimum Gasteiger partial charge on any atom is -0.348 e. The van der Waals surface area contributed by atoms with Gasteiger partial charge in [0, 0.05) is 17.8 Å². The zero-order valence-corrected chi connectivity index (χ0v) is 10.3. The lowest BCUT2D eigenvalue weighted by Crippen LogP contribution is -2.33. The average molecular weight is 243 g/mol. The summed E-state index contributed by atoms with van der Waals surface area (Å²) in [6.45, 7) is 0.323. The summed E-state index contributed by atoms with van der Waals surface area (Å²) in [6, 6.07) is 3.81. The zero-order valence-electron chi connectivity index (χ0n) is 10.3. The number of nitrogens with one attached hydrogen (secondary N) is 1. The molecule has 18 heavy (non-hydrogen) atoms. The van der Waals surface area contributed by atoms with Crippen molar-refractivity contribution in [2.24, 2.45) is 5.73 Å². The Kier molecular flexibility index (Phi) is 4.32. The maximum absolute atomic E-state index is 11.9. The predicted molar refractivity (Wildman–Crippen MR) is 69.9 cm³/mol. The topological polar surface area (TPSA) is 68.0 Å². The summed E-state index contributed by atoms with van der Waals surface area (Å²) < 4.78 is 0. The molecule has 0 spiro atoms. The Labute approximate surface area is 107 Å². The molecular formula is C14H17N3O. The number of amides is 1. The van der Waals surface area contributed by atoms with E-state index in [1.807, 2.05) is 0 Å². The third-order valence-corrected chi connectivity index (χ3v) is 3.02. The number of carbonyl (C=O) groups is 1. The molecule has 1 heterocycles. The van der Waals surface area contributed by atoms with Crippen molar-refractivity contribution in [3.05, 3.63) is 29.6 Å². The van der Waals surface area contributed by atoms with Crippen molar-refractivity contribution in [3.63, 3.8) is 0 Å². The molecule has 2 rings (SSSR count). The molecule has 4 heteroatoms. The van der Waals surface area contributed by atoms with E-state index in [0.717, 1.165) is 18.4 Å². The molecule has 0 atom stereocenters. The zero-order chi connectivity index (χ0) is 12.8. The quantitative estimate of drug-likeness (QED) is 0.763. The Morgan fingerprint density at radius 2 is 2.22 bits per heavy atom. The van der Waals surface area contributed by atoms with Crippen LogP contribution >= 0.6 is 0 Å². The van der Waals surface area contributed by atoms with Crippen molar-refractivity contribution < 1.29 is 4.79 Å². The lowest BCUT2D eigenvalue weighted by molar-refractivity contribution is 0.0933. The average Bonchev–Trinajstić information content (AvgIpc) is 2.89. The smallest absolute Gasteiger partial charge is 0.270 e. The predicted octanol–water partition coefficient (Wildman–Crippen LogP) is 1.06. The van der Waals surface area contributed by atoms with Crippen LogP contribution in [0.25, 0.3) is 0 Å². The van der Waals surface area contributed by atoms with E-state index < -0.39 is 0 Å². The maximum Gasteiger partial charge on any atom is 0.270 e. The Balaban J connectivity index is 1.97. The van der Waals surface area contributed by atoms with Crippen molar-refractivity contribution in [2.45, 2.75) is 31.7 Å². The summed E-state index contributed by atoms with van der Waals surface area (Å²) >= 11 is 0. The van der Waals surface area contributed by atoms with E-state index >= 15 is 0 Å². The number of nitrogens with zero attached hydrogens (tertiary/aromatic N) is 1. The second kappa shape index (κ2) is 6.18. The van der Waals surface area contributed by atoms with Crippen LogP contribution in [0.3, 0.4) is 0 Å². The molecule has 0 radical (unpaired) electrons. The maximum atomic E-state index is 11.9. The van der Waals surface area contributed by atoms with E-state index in [1.54, 1.807) is 18.3 Å². The van der Waals surface area contributed by atoms with Gasteiger partial charge in [0.05, 0.1) is 6.54 Å². The molecule has 1 amide bonds. The number of aromatic nitrogens is 1. The highest BCUT2D eigenvalue weighted by Crippen LogP contribution is 2.17. The normalized spacial score (nSPS) is 14.9. The Bertz CT molecular complexity index is 464. The Hall–Kier alpha value is -1.86. The molecule has 0 bridgehead atoms. The van der Waals surface area contributed by atoms with Crippen LogP contribution in [0.2, 0.25) is 0 Å². The second-order valence-electron chi connectivity index (χ2n) is 4.39. The van der Waals surface area contributed by atoms with Gasteiger partial charge in [-0.3, -0.25) is 4.79 Å². The molecule has 0 unspecified atom stereocenters. The summed E-state index contributed by atoms with van der Waals surface area (Å²) in [5.41, 5.74) is 6.51. The van der Waals surface area contributed by atoms with Gasteiger partial charge >= 0.3 is 0 Å². The monoisotopic (exact) mass is 243 g/mol. The third kappa shape index (κ3) is 3.31. The van der Waals surface area contributed by atoms with Crippen LogP contribution in [0.1, 0.15) is 41.7 Å². The second-order valence-corrected chi connectivity index (χ2v) is 4.39. The van der Waals surface area contributed by atoms with Crippen LogP contribution in [-0.2, 0) is 0 Å². The molecule has 1 aromatic heterocycles. The molecule has 1 aromatic rings. The third-order valence-electron chi connectivity index (χ3n) is 3.02. The minimum atomic E-state index is -0.0970. The highest BCUT2D eigenvalue weighted by Gasteiger charge is 2.18. The number of carbonyl (C=O) groups excluding carboxylic acids is 1. The molecule has 3 N–H and O–H groups in total. The molecule has 1 fully saturated rings. The molecule has 0 aliphatic heterocycles. The van der Waals surface area contributed by atoms with Crippen molar-refractivity contribution in [1.29, 1.82) is 0 Å². The van der Waals surface area contributed by atoms with Crippen molar-refractivity contribution in [3.8, 4) is 11.8 Å². The Morgan fingerprint density at radius 3 is 2.83 bits per heavy atom. The van der Waals surface area contributed by atoms with Gasteiger partial charge in [-0.1, -0.05) is 24.7 Å². The number of hydrogen-bond donors (Lipinski definition) is 2. The number of nitrogens with two attached hydrogens (primary N) is 1. The fraction of sp³-hybridized carbons (Fsp3) is 0.429. The van der Waals surface area contributed by atoms with E-state index in [-0.39, 0.29) is 5.91 Å². The van der Waals surface area contributed by atoms with E-state index in [1.165, 1.54) is 12.8 Å². The molecule has 0 saturated heterocycles. The molecular weight excluding hydrogens is 226 g/mol. The van der Waals surface area contributed by atoms with Crippen LogP contribution in [0, 0.1) is 11.8 Å². The van der Waals surface area contributed by atoms with Gasteiger partial charge in [-0.25, -0.2) is 4.98 Å². The summed E-state index contributed by atoms with van der Waals surface area (Å²) in [5.74, 6) is 5.53. The van der Waals surface area contributed by atoms with Crippen molar-refractivity contribution in [2.75, 3.05) is 6.54 Å². The van der Waals surface area contributed by atoms with Crippen LogP contribution in [0.15, 0.2) is 18.3 Å². The SMILES string of the molecule is NCC#Cc1ccc(C(=O)NC2CCCC2)nc1. The Morgan fingerprint density at radius 1 is 1.44 bits per heavy atom. The molecule has 94 valence electrons. The van der Waals surface area contributed by atoms with Crippen molar-refractivity contribution in [1.82, 2.24) is 10.3 Å². The van der Waals surface area contributed by atoms with Crippen LogP contribution in [0.4, 0.5) is 0 Å². The van der Waals surface area contributed by atoms with E-state index in [4.69, 9.17) is 5.73 Å². The summed E-state index contributed by atoms with van der Waals surface area (Å²) in [7, 11) is 0. The molecule has 1 aliphatic carbocycles. The first-order chi connectivity index (χ1) is 8.79. The van der Waals surface area contributed by atoms with Gasteiger partial charge in [0.1, 0.15) is 5.69 Å². The van der Waals surface area contributed by atoms with E-state index in [0.29, 0.717) is 18.3 Å².